The first-order chi connectivity index (χ1) is 5.13. The molecule has 11 heavy (non-hydrogen) atoms. The number of allylic oxidation sites excluding steroid dienone is 1. The van der Waals surface area contributed by atoms with E-state index in [9.17, 15) is 20.0 Å². The molecule has 0 aliphatic rings. The Morgan fingerprint density at radius 1 is 1.45 bits per heavy atom. The molecule has 0 amide bonds. The smallest absolute Gasteiger partial charge is 0.222 e. The van der Waals surface area contributed by atoms with E-state index in [4.69, 9.17) is 0 Å². The van der Waals surface area contributed by atoms with Crippen molar-refractivity contribution in [2.45, 2.75) is 12.8 Å². The molecular formula is C6H8NO4-. The highest BCUT2D eigenvalue weighted by Crippen LogP contribution is 1.88. The number of carboxylic acid groups (broad SMARTS) is 1. The van der Waals surface area contributed by atoms with Crippen molar-refractivity contribution in [2.24, 2.45) is 0 Å². The van der Waals surface area contributed by atoms with E-state index in [0.29, 0.717) is 0 Å². The Morgan fingerprint density at radius 2 is 2.09 bits per heavy atom. The highest BCUT2D eigenvalue weighted by molar-refractivity contribution is 5.64. The van der Waals surface area contributed by atoms with Gasteiger partial charge in [0, 0.05) is 10.9 Å². The van der Waals surface area contributed by atoms with Crippen molar-refractivity contribution in [3.05, 3.63) is 22.3 Å². The normalized spacial score (nSPS) is 10.2. The second kappa shape index (κ2) is 5.40. The van der Waals surface area contributed by atoms with Gasteiger partial charge in [-0.05, 0) is 18.9 Å². The van der Waals surface area contributed by atoms with Crippen LogP contribution in [0.4, 0.5) is 0 Å². The second-order valence-electron chi connectivity index (χ2n) is 1.90. The number of nitrogens with zero attached hydrogens (tertiary/aromatic N) is 1. The lowest BCUT2D eigenvalue weighted by Gasteiger charge is -1.94. The molecule has 0 aromatic heterocycles. The van der Waals surface area contributed by atoms with Crippen molar-refractivity contribution in [1.82, 2.24) is 0 Å². The molecule has 0 saturated heterocycles. The zero-order valence-corrected chi connectivity index (χ0v) is 5.86. The lowest BCUT2D eigenvalue weighted by Crippen LogP contribution is -2.21. The average Bonchev–Trinajstić information content (AvgIpc) is 1.85. The quantitative estimate of drug-likeness (QED) is 0.302. The van der Waals surface area contributed by atoms with Crippen LogP contribution < -0.4 is 5.11 Å². The SMILES string of the molecule is O=C([O-])CC/C=C/C[N+](=O)[O-]. The van der Waals surface area contributed by atoms with Gasteiger partial charge in [-0.2, -0.15) is 0 Å². The molecule has 0 bridgehead atoms. The fraction of sp³-hybridized carbons (Fsp3) is 0.500. The van der Waals surface area contributed by atoms with Gasteiger partial charge in [0.05, 0.1) is 0 Å². The fourth-order valence-corrected chi connectivity index (χ4v) is 0.480. The first-order valence-corrected chi connectivity index (χ1v) is 3.09. The highest BCUT2D eigenvalue weighted by atomic mass is 16.6. The fourth-order valence-electron chi connectivity index (χ4n) is 0.480. The summed E-state index contributed by atoms with van der Waals surface area (Å²) in [4.78, 5) is 19.0. The van der Waals surface area contributed by atoms with Crippen molar-refractivity contribution in [3.8, 4) is 0 Å². The molecule has 0 saturated carbocycles. The number of rotatable bonds is 5. The minimum atomic E-state index is -1.14. The third kappa shape index (κ3) is 8.61. The minimum Gasteiger partial charge on any atom is -0.550 e. The molecule has 0 heterocycles. The number of nitro groups is 1. The van der Waals surface area contributed by atoms with Gasteiger partial charge in [0.25, 0.3) is 0 Å². The molecular weight excluding hydrogens is 150 g/mol. The Morgan fingerprint density at radius 3 is 2.55 bits per heavy atom. The monoisotopic (exact) mass is 158 g/mol. The Labute approximate surface area is 63.5 Å². The number of hydrogen-bond acceptors (Lipinski definition) is 4. The van der Waals surface area contributed by atoms with Crippen molar-refractivity contribution in [1.29, 1.82) is 0 Å². The second-order valence-corrected chi connectivity index (χ2v) is 1.90. The molecule has 0 spiro atoms. The van der Waals surface area contributed by atoms with E-state index in [-0.39, 0.29) is 19.4 Å². The first-order valence-electron chi connectivity index (χ1n) is 3.09. The molecule has 0 radical (unpaired) electrons. The predicted molar refractivity (Wildman–Crippen MR) is 35.2 cm³/mol. The maximum atomic E-state index is 9.82. The Hall–Kier alpha value is -1.39. The Bertz CT molecular complexity index is 175. The van der Waals surface area contributed by atoms with Crippen LogP contribution >= 0.6 is 0 Å². The minimum absolute atomic E-state index is 0.0891. The van der Waals surface area contributed by atoms with Gasteiger partial charge in [0.1, 0.15) is 0 Å². The summed E-state index contributed by atoms with van der Waals surface area (Å²) in [6.45, 7) is -0.257. The van der Waals surface area contributed by atoms with Gasteiger partial charge in [0.15, 0.2) is 0 Å². The summed E-state index contributed by atoms with van der Waals surface area (Å²) in [5, 5.41) is 19.5. The van der Waals surface area contributed by atoms with E-state index < -0.39 is 10.9 Å². The van der Waals surface area contributed by atoms with Crippen molar-refractivity contribution < 1.29 is 14.8 Å². The summed E-state index contributed by atoms with van der Waals surface area (Å²) in [6.07, 6.45) is 2.98. The number of aliphatic carboxylic acids is 1. The highest BCUT2D eigenvalue weighted by Gasteiger charge is 1.87. The molecule has 0 N–H and O–H groups in total. The summed E-state index contributed by atoms with van der Waals surface area (Å²) >= 11 is 0. The van der Waals surface area contributed by atoms with E-state index in [1.165, 1.54) is 12.2 Å². The number of carboxylic acids is 1. The number of hydrogen-bond donors (Lipinski definition) is 0. The molecule has 0 unspecified atom stereocenters. The molecule has 0 fully saturated rings. The zero-order valence-electron chi connectivity index (χ0n) is 5.86. The van der Waals surface area contributed by atoms with Gasteiger partial charge in [-0.15, -0.1) is 0 Å². The van der Waals surface area contributed by atoms with Crippen LogP contribution in [0.1, 0.15) is 12.8 Å². The van der Waals surface area contributed by atoms with Gasteiger partial charge in [-0.1, -0.05) is 6.08 Å². The molecule has 0 aromatic rings. The summed E-state index contributed by atoms with van der Waals surface area (Å²) < 4.78 is 0. The van der Waals surface area contributed by atoms with E-state index in [1.807, 2.05) is 0 Å². The molecule has 5 nitrogen and oxygen atoms in total. The van der Waals surface area contributed by atoms with Gasteiger partial charge < -0.3 is 9.90 Å². The molecule has 0 aliphatic carbocycles. The largest absolute Gasteiger partial charge is 0.550 e. The summed E-state index contributed by atoms with van der Waals surface area (Å²) in [7, 11) is 0. The van der Waals surface area contributed by atoms with Crippen molar-refractivity contribution in [2.75, 3.05) is 6.54 Å². The maximum Gasteiger partial charge on any atom is 0.222 e. The van der Waals surface area contributed by atoms with E-state index >= 15 is 0 Å². The number of carbonyl (C=O) groups excluding carboxylic acids is 1. The maximum absolute atomic E-state index is 9.82. The van der Waals surface area contributed by atoms with Gasteiger partial charge >= 0.3 is 0 Å². The third-order valence-corrected chi connectivity index (χ3v) is 0.936. The lowest BCUT2D eigenvalue weighted by molar-refractivity contribution is -0.468. The van der Waals surface area contributed by atoms with Gasteiger partial charge in [-0.3, -0.25) is 10.1 Å². The van der Waals surface area contributed by atoms with Crippen molar-refractivity contribution >= 4 is 5.97 Å². The van der Waals surface area contributed by atoms with E-state index in [1.54, 1.807) is 0 Å². The zero-order chi connectivity index (χ0) is 8.69. The van der Waals surface area contributed by atoms with Crippen LogP contribution in [-0.2, 0) is 4.79 Å². The lowest BCUT2D eigenvalue weighted by atomic mass is 10.3. The van der Waals surface area contributed by atoms with Crippen LogP contribution in [0.25, 0.3) is 0 Å². The van der Waals surface area contributed by atoms with Crippen molar-refractivity contribution in [3.63, 3.8) is 0 Å². The summed E-state index contributed by atoms with van der Waals surface area (Å²) in [6, 6.07) is 0. The van der Waals surface area contributed by atoms with Gasteiger partial charge in [0.2, 0.25) is 6.54 Å². The Balaban J connectivity index is 3.30. The molecule has 5 heteroatoms. The molecule has 62 valence electrons. The molecule has 0 aromatic carbocycles. The Kier molecular flexibility index (Phi) is 4.72. The van der Waals surface area contributed by atoms with Crippen LogP contribution in [0.5, 0.6) is 0 Å². The van der Waals surface area contributed by atoms with Crippen LogP contribution in [0.2, 0.25) is 0 Å². The van der Waals surface area contributed by atoms with Crippen LogP contribution in [0, 0.1) is 10.1 Å². The molecule has 0 atom stereocenters. The predicted octanol–water partition coefficient (Wildman–Crippen LogP) is -0.651. The third-order valence-electron chi connectivity index (χ3n) is 0.936. The first kappa shape index (κ1) is 9.61. The van der Waals surface area contributed by atoms with E-state index in [2.05, 4.69) is 0 Å². The van der Waals surface area contributed by atoms with E-state index in [0.717, 1.165) is 0 Å². The summed E-state index contributed by atoms with van der Waals surface area (Å²) in [5.41, 5.74) is 0. The van der Waals surface area contributed by atoms with Gasteiger partial charge in [-0.25, -0.2) is 0 Å². The standard InChI is InChI=1S/C6H9NO4/c8-6(9)4-2-1-3-5-7(10)11/h1,3H,2,4-5H2,(H,8,9)/p-1/b3-1+. The van der Waals surface area contributed by atoms with Crippen LogP contribution in [0.15, 0.2) is 12.2 Å². The summed E-state index contributed by atoms with van der Waals surface area (Å²) in [5.74, 6) is -1.14. The molecule has 0 rings (SSSR count). The molecule has 0 aliphatic heterocycles. The van der Waals surface area contributed by atoms with Crippen LogP contribution in [0.3, 0.4) is 0 Å². The average molecular weight is 158 g/mol. The van der Waals surface area contributed by atoms with Crippen LogP contribution in [-0.4, -0.2) is 17.4 Å². The topological polar surface area (TPSA) is 83.3 Å². The number of carbonyl (C=O) groups is 1.